The molecule has 4 rings (SSSR count). The van der Waals surface area contributed by atoms with Crippen LogP contribution in [0.5, 0.6) is 11.5 Å². The molecule has 0 saturated carbocycles. The van der Waals surface area contributed by atoms with Crippen LogP contribution in [0, 0.1) is 0 Å². The Hall–Kier alpha value is -3.55. The number of nitrogens with one attached hydrogen (secondary N) is 3. The van der Waals surface area contributed by atoms with Gasteiger partial charge in [-0.25, -0.2) is 0 Å². The van der Waals surface area contributed by atoms with Crippen molar-refractivity contribution in [3.05, 3.63) is 42.0 Å². The maximum absolute atomic E-state index is 12.4. The summed E-state index contributed by atoms with van der Waals surface area (Å²) in [4.78, 5) is 35.1. The van der Waals surface area contributed by atoms with E-state index in [2.05, 4.69) is 16.0 Å². The standard InChI is InChI=1S/C17H13N3O5/c21-15-8-25-14-6-10(2-3-11(14)19-15)18-17(23)9-1-4-13-12(5-9)20-16(22)7-24-13/h1-6H,7-8H2,(H,18,23)(H,19,21)(H,20,22). The van der Waals surface area contributed by atoms with E-state index in [9.17, 15) is 14.4 Å². The maximum atomic E-state index is 12.4. The molecule has 2 aliphatic heterocycles. The third kappa shape index (κ3) is 2.97. The molecular weight excluding hydrogens is 326 g/mol. The molecule has 25 heavy (non-hydrogen) atoms. The predicted molar refractivity (Wildman–Crippen MR) is 89.1 cm³/mol. The number of ether oxygens (including phenoxy) is 2. The van der Waals surface area contributed by atoms with Gasteiger partial charge >= 0.3 is 0 Å². The lowest BCUT2D eigenvalue weighted by molar-refractivity contribution is -0.119. The molecule has 8 nitrogen and oxygen atoms in total. The van der Waals surface area contributed by atoms with Crippen molar-refractivity contribution < 1.29 is 23.9 Å². The number of anilines is 3. The SMILES string of the molecule is O=C1COc2ccc(C(=O)Nc3ccc4c(c3)OCC(=O)N4)cc2N1. The Kier molecular flexibility index (Phi) is 3.50. The summed E-state index contributed by atoms with van der Waals surface area (Å²) in [5.41, 5.74) is 1.91. The number of benzene rings is 2. The van der Waals surface area contributed by atoms with Crippen LogP contribution >= 0.6 is 0 Å². The molecule has 0 bridgehead atoms. The first-order valence-electron chi connectivity index (χ1n) is 7.53. The van der Waals surface area contributed by atoms with Crippen LogP contribution in [0.4, 0.5) is 17.1 Å². The van der Waals surface area contributed by atoms with Gasteiger partial charge in [0.2, 0.25) is 0 Å². The molecule has 2 aromatic carbocycles. The molecule has 8 heteroatoms. The number of fused-ring (bicyclic) bond motifs is 2. The molecule has 0 saturated heterocycles. The van der Waals surface area contributed by atoms with Crippen LogP contribution in [0.15, 0.2) is 36.4 Å². The van der Waals surface area contributed by atoms with Crippen molar-refractivity contribution in [2.75, 3.05) is 29.2 Å². The number of carbonyl (C=O) groups is 3. The Bertz CT molecular complexity index is 909. The summed E-state index contributed by atoms with van der Waals surface area (Å²) < 4.78 is 10.6. The van der Waals surface area contributed by atoms with E-state index in [1.807, 2.05) is 0 Å². The molecule has 0 spiro atoms. The topological polar surface area (TPSA) is 106 Å². The highest BCUT2D eigenvalue weighted by Crippen LogP contribution is 2.31. The Balaban J connectivity index is 1.53. The zero-order valence-electron chi connectivity index (χ0n) is 12.9. The molecular formula is C17H13N3O5. The van der Waals surface area contributed by atoms with Gasteiger partial charge in [0, 0.05) is 17.3 Å². The number of hydrogen-bond donors (Lipinski definition) is 3. The Morgan fingerprint density at radius 1 is 0.880 bits per heavy atom. The second-order valence-electron chi connectivity index (χ2n) is 5.55. The summed E-state index contributed by atoms with van der Waals surface area (Å²) in [5.74, 6) is 0.182. The minimum Gasteiger partial charge on any atom is -0.482 e. The Morgan fingerprint density at radius 2 is 1.60 bits per heavy atom. The van der Waals surface area contributed by atoms with Gasteiger partial charge < -0.3 is 25.4 Å². The maximum Gasteiger partial charge on any atom is 0.262 e. The molecule has 0 unspecified atom stereocenters. The van der Waals surface area contributed by atoms with Crippen molar-refractivity contribution >= 4 is 34.8 Å². The summed E-state index contributed by atoms with van der Waals surface area (Å²) in [6.07, 6.45) is 0. The van der Waals surface area contributed by atoms with E-state index >= 15 is 0 Å². The zero-order chi connectivity index (χ0) is 17.4. The fourth-order valence-corrected chi connectivity index (χ4v) is 2.58. The normalized spacial score (nSPS) is 14.9. The van der Waals surface area contributed by atoms with E-state index in [1.165, 1.54) is 0 Å². The molecule has 0 aromatic heterocycles. The fraction of sp³-hybridized carbons (Fsp3) is 0.118. The molecule has 0 aliphatic carbocycles. The highest BCUT2D eigenvalue weighted by Gasteiger charge is 2.19. The lowest BCUT2D eigenvalue weighted by Crippen LogP contribution is -2.26. The smallest absolute Gasteiger partial charge is 0.262 e. The summed E-state index contributed by atoms with van der Waals surface area (Å²) >= 11 is 0. The first-order valence-corrected chi connectivity index (χ1v) is 7.53. The highest BCUT2D eigenvalue weighted by molar-refractivity contribution is 6.06. The fourth-order valence-electron chi connectivity index (χ4n) is 2.58. The highest BCUT2D eigenvalue weighted by atomic mass is 16.5. The van der Waals surface area contributed by atoms with Crippen LogP contribution in [0.1, 0.15) is 10.4 Å². The monoisotopic (exact) mass is 339 g/mol. The van der Waals surface area contributed by atoms with Crippen LogP contribution in [0.2, 0.25) is 0 Å². The van der Waals surface area contributed by atoms with Crippen LogP contribution in [0.3, 0.4) is 0 Å². The average molecular weight is 339 g/mol. The van der Waals surface area contributed by atoms with Crippen molar-refractivity contribution in [1.29, 1.82) is 0 Å². The third-order valence-electron chi connectivity index (χ3n) is 3.75. The average Bonchev–Trinajstić information content (AvgIpc) is 2.61. The number of amides is 3. The van der Waals surface area contributed by atoms with Gasteiger partial charge in [0.05, 0.1) is 11.4 Å². The predicted octanol–water partition coefficient (Wildman–Crippen LogP) is 1.60. The van der Waals surface area contributed by atoms with Crippen LogP contribution in [-0.4, -0.2) is 30.9 Å². The molecule has 126 valence electrons. The number of hydrogen-bond acceptors (Lipinski definition) is 5. The van der Waals surface area contributed by atoms with Crippen molar-refractivity contribution in [1.82, 2.24) is 0 Å². The summed E-state index contributed by atoms with van der Waals surface area (Å²) in [6, 6.07) is 9.75. The Labute approximate surface area is 142 Å². The minimum atomic E-state index is -0.345. The van der Waals surface area contributed by atoms with Crippen LogP contribution < -0.4 is 25.4 Å². The van der Waals surface area contributed by atoms with Crippen molar-refractivity contribution in [3.63, 3.8) is 0 Å². The van der Waals surface area contributed by atoms with Gasteiger partial charge in [-0.05, 0) is 30.3 Å². The molecule has 0 atom stereocenters. The lowest BCUT2D eigenvalue weighted by Gasteiger charge is -2.19. The first kappa shape index (κ1) is 15.0. The second kappa shape index (κ2) is 5.82. The quantitative estimate of drug-likeness (QED) is 0.771. The molecule has 0 radical (unpaired) electrons. The molecule has 3 N–H and O–H groups in total. The van der Waals surface area contributed by atoms with E-state index in [-0.39, 0.29) is 30.9 Å². The van der Waals surface area contributed by atoms with Crippen molar-refractivity contribution in [2.24, 2.45) is 0 Å². The van der Waals surface area contributed by atoms with Gasteiger partial charge in [-0.1, -0.05) is 0 Å². The van der Waals surface area contributed by atoms with Crippen LogP contribution in [-0.2, 0) is 9.59 Å². The summed E-state index contributed by atoms with van der Waals surface area (Å²) in [5, 5.41) is 8.09. The zero-order valence-corrected chi connectivity index (χ0v) is 12.9. The molecule has 2 heterocycles. The van der Waals surface area contributed by atoms with Gasteiger partial charge in [-0.15, -0.1) is 0 Å². The van der Waals surface area contributed by atoms with Crippen LogP contribution in [0.25, 0.3) is 0 Å². The lowest BCUT2D eigenvalue weighted by atomic mass is 10.1. The van der Waals surface area contributed by atoms with Crippen molar-refractivity contribution in [3.8, 4) is 11.5 Å². The molecule has 0 fully saturated rings. The van der Waals surface area contributed by atoms with E-state index in [1.54, 1.807) is 36.4 Å². The first-order chi connectivity index (χ1) is 12.1. The van der Waals surface area contributed by atoms with Gasteiger partial charge in [-0.2, -0.15) is 0 Å². The second-order valence-corrected chi connectivity index (χ2v) is 5.55. The number of carbonyl (C=O) groups excluding carboxylic acids is 3. The molecule has 2 aromatic rings. The van der Waals surface area contributed by atoms with Gasteiger partial charge in [0.25, 0.3) is 17.7 Å². The number of rotatable bonds is 2. The summed E-state index contributed by atoms with van der Waals surface area (Å²) in [7, 11) is 0. The Morgan fingerprint density at radius 3 is 2.40 bits per heavy atom. The van der Waals surface area contributed by atoms with Crippen molar-refractivity contribution in [2.45, 2.75) is 0 Å². The molecule has 2 aliphatic rings. The molecule has 3 amide bonds. The van der Waals surface area contributed by atoms with E-state index in [4.69, 9.17) is 9.47 Å². The summed E-state index contributed by atoms with van der Waals surface area (Å²) in [6.45, 7) is -0.0981. The minimum absolute atomic E-state index is 0.0375. The van der Waals surface area contributed by atoms with Gasteiger partial charge in [-0.3, -0.25) is 14.4 Å². The van der Waals surface area contributed by atoms with E-state index in [0.717, 1.165) is 0 Å². The van der Waals surface area contributed by atoms with Gasteiger partial charge in [0.1, 0.15) is 11.5 Å². The van der Waals surface area contributed by atoms with E-state index < -0.39 is 0 Å². The van der Waals surface area contributed by atoms with Gasteiger partial charge in [0.15, 0.2) is 13.2 Å². The largest absolute Gasteiger partial charge is 0.482 e. The third-order valence-corrected chi connectivity index (χ3v) is 3.75. The van der Waals surface area contributed by atoms with E-state index in [0.29, 0.717) is 34.1 Å².